The number of benzene rings is 2. The molecule has 2 aromatic carbocycles. The van der Waals surface area contributed by atoms with E-state index in [-0.39, 0.29) is 23.1 Å². The molecule has 3 aromatic rings. The Labute approximate surface area is 170 Å². The Kier molecular flexibility index (Phi) is 6.34. The highest BCUT2D eigenvalue weighted by Gasteiger charge is 2.14. The average Bonchev–Trinajstić information content (AvgIpc) is 2.64. The normalized spacial score (nSPS) is 11.1. The minimum absolute atomic E-state index is 0.0824. The molecule has 0 aliphatic carbocycles. The van der Waals surface area contributed by atoms with Crippen molar-refractivity contribution < 1.29 is 4.79 Å². The van der Waals surface area contributed by atoms with Gasteiger partial charge in [-0.1, -0.05) is 59.7 Å². The van der Waals surface area contributed by atoms with Gasteiger partial charge >= 0.3 is 0 Å². The standard InChI is InChI=1S/C20H20BrN3O2S/c1-13(2)11-24-19(26)16-10-14(21)8-9-17(16)23-20(24)27-12-18(25)22-15-6-4-3-5-7-15/h3-10,13H,11-12H2,1-2H3,(H,22,25). The van der Waals surface area contributed by atoms with Gasteiger partial charge in [0.2, 0.25) is 5.91 Å². The second-order valence-electron chi connectivity index (χ2n) is 6.57. The molecule has 1 heterocycles. The van der Waals surface area contributed by atoms with E-state index in [9.17, 15) is 9.59 Å². The number of nitrogens with zero attached hydrogens (tertiary/aromatic N) is 2. The van der Waals surface area contributed by atoms with E-state index in [0.717, 1.165) is 10.2 Å². The van der Waals surface area contributed by atoms with Crippen molar-refractivity contribution in [1.29, 1.82) is 0 Å². The van der Waals surface area contributed by atoms with Gasteiger partial charge in [0, 0.05) is 16.7 Å². The lowest BCUT2D eigenvalue weighted by Gasteiger charge is -2.15. The van der Waals surface area contributed by atoms with Crippen LogP contribution >= 0.6 is 27.7 Å². The van der Waals surface area contributed by atoms with Crippen molar-refractivity contribution in [2.75, 3.05) is 11.1 Å². The van der Waals surface area contributed by atoms with Crippen LogP contribution in [0.5, 0.6) is 0 Å². The molecule has 3 rings (SSSR count). The Morgan fingerprint density at radius 1 is 1.22 bits per heavy atom. The van der Waals surface area contributed by atoms with E-state index >= 15 is 0 Å². The Morgan fingerprint density at radius 2 is 1.96 bits per heavy atom. The topological polar surface area (TPSA) is 64.0 Å². The summed E-state index contributed by atoms with van der Waals surface area (Å²) in [6, 6.07) is 14.8. The number of fused-ring (bicyclic) bond motifs is 1. The molecule has 0 saturated heterocycles. The first-order valence-electron chi connectivity index (χ1n) is 8.62. The number of para-hydroxylation sites is 1. The molecule has 5 nitrogen and oxygen atoms in total. The van der Waals surface area contributed by atoms with Crippen molar-refractivity contribution in [2.45, 2.75) is 25.5 Å². The van der Waals surface area contributed by atoms with Crippen molar-refractivity contribution >= 4 is 50.2 Å². The Hall–Kier alpha value is -2.12. The van der Waals surface area contributed by atoms with Crippen molar-refractivity contribution in [1.82, 2.24) is 9.55 Å². The third-order valence-electron chi connectivity index (χ3n) is 3.82. The van der Waals surface area contributed by atoms with E-state index in [1.165, 1.54) is 11.8 Å². The maximum absolute atomic E-state index is 13.0. The SMILES string of the molecule is CC(C)Cn1c(SCC(=O)Nc2ccccc2)nc2ccc(Br)cc2c1=O. The monoisotopic (exact) mass is 445 g/mol. The van der Waals surface area contributed by atoms with Gasteiger partial charge in [-0.05, 0) is 36.2 Å². The fraction of sp³-hybridized carbons (Fsp3) is 0.250. The van der Waals surface area contributed by atoms with Crippen LogP contribution in [0.25, 0.3) is 10.9 Å². The summed E-state index contributed by atoms with van der Waals surface area (Å²) < 4.78 is 2.51. The lowest BCUT2D eigenvalue weighted by molar-refractivity contribution is -0.113. The van der Waals surface area contributed by atoms with Gasteiger partial charge in [-0.3, -0.25) is 14.2 Å². The van der Waals surface area contributed by atoms with Gasteiger partial charge in [0.1, 0.15) is 0 Å². The zero-order valence-electron chi connectivity index (χ0n) is 15.1. The highest BCUT2D eigenvalue weighted by atomic mass is 79.9. The van der Waals surface area contributed by atoms with E-state index in [4.69, 9.17) is 0 Å². The van der Waals surface area contributed by atoms with Crippen molar-refractivity contribution in [2.24, 2.45) is 5.92 Å². The highest BCUT2D eigenvalue weighted by Crippen LogP contribution is 2.21. The van der Waals surface area contributed by atoms with Crippen LogP contribution in [0, 0.1) is 5.92 Å². The first kappa shape index (κ1) is 19.6. The first-order chi connectivity index (χ1) is 12.9. The third-order valence-corrected chi connectivity index (χ3v) is 5.29. The van der Waals surface area contributed by atoms with E-state index in [0.29, 0.717) is 22.6 Å². The highest BCUT2D eigenvalue weighted by molar-refractivity contribution is 9.10. The quantitative estimate of drug-likeness (QED) is 0.446. The predicted molar refractivity (Wildman–Crippen MR) is 114 cm³/mol. The van der Waals surface area contributed by atoms with Crippen molar-refractivity contribution in [3.8, 4) is 0 Å². The number of carbonyl (C=O) groups excluding carboxylic acids is 1. The summed E-state index contributed by atoms with van der Waals surface area (Å²) in [5.74, 6) is 0.334. The molecule has 1 amide bonds. The van der Waals surface area contributed by atoms with E-state index < -0.39 is 0 Å². The predicted octanol–water partition coefficient (Wildman–Crippen LogP) is 4.55. The first-order valence-corrected chi connectivity index (χ1v) is 10.4. The molecule has 27 heavy (non-hydrogen) atoms. The van der Waals surface area contributed by atoms with Gasteiger partial charge in [-0.2, -0.15) is 0 Å². The number of hydrogen-bond donors (Lipinski definition) is 1. The summed E-state index contributed by atoms with van der Waals surface area (Å²) in [7, 11) is 0. The van der Waals surface area contributed by atoms with Crippen molar-refractivity contribution in [3.63, 3.8) is 0 Å². The number of halogens is 1. The molecule has 1 aromatic heterocycles. The van der Waals surface area contributed by atoms with Gasteiger partial charge < -0.3 is 5.32 Å². The van der Waals surface area contributed by atoms with Crippen LogP contribution in [0.1, 0.15) is 13.8 Å². The van der Waals surface area contributed by atoms with Gasteiger partial charge in [0.05, 0.1) is 16.7 Å². The molecule has 0 aliphatic heterocycles. The second kappa shape index (κ2) is 8.71. The summed E-state index contributed by atoms with van der Waals surface area (Å²) in [6.45, 7) is 4.65. The summed E-state index contributed by atoms with van der Waals surface area (Å²) in [6.07, 6.45) is 0. The number of nitrogens with one attached hydrogen (secondary N) is 1. The Balaban J connectivity index is 1.87. The van der Waals surface area contributed by atoms with Crippen molar-refractivity contribution in [3.05, 3.63) is 63.4 Å². The van der Waals surface area contributed by atoms with Crippen LogP contribution < -0.4 is 10.9 Å². The largest absolute Gasteiger partial charge is 0.325 e. The molecule has 0 unspecified atom stereocenters. The van der Waals surface area contributed by atoms with Crippen LogP contribution in [0.4, 0.5) is 5.69 Å². The Bertz CT molecular complexity index is 1020. The number of hydrogen-bond acceptors (Lipinski definition) is 4. The van der Waals surface area contributed by atoms with E-state index in [2.05, 4.69) is 26.2 Å². The number of anilines is 1. The van der Waals surface area contributed by atoms with Crippen LogP contribution in [-0.2, 0) is 11.3 Å². The Morgan fingerprint density at radius 3 is 2.67 bits per heavy atom. The van der Waals surface area contributed by atoms with E-state index in [1.54, 1.807) is 10.6 Å². The maximum atomic E-state index is 13.0. The summed E-state index contributed by atoms with van der Waals surface area (Å²) in [5, 5.41) is 3.98. The molecule has 0 spiro atoms. The summed E-state index contributed by atoms with van der Waals surface area (Å²) in [5.41, 5.74) is 1.30. The lowest BCUT2D eigenvalue weighted by Crippen LogP contribution is -2.26. The lowest BCUT2D eigenvalue weighted by atomic mass is 10.2. The molecular formula is C20H20BrN3O2S. The molecule has 0 saturated carbocycles. The third kappa shape index (κ3) is 4.99. The number of thioether (sulfide) groups is 1. The second-order valence-corrected chi connectivity index (χ2v) is 8.43. The minimum atomic E-state index is -0.132. The van der Waals surface area contributed by atoms with E-state index in [1.807, 2.05) is 56.3 Å². The molecule has 140 valence electrons. The molecular weight excluding hydrogens is 426 g/mol. The molecule has 0 radical (unpaired) electrons. The minimum Gasteiger partial charge on any atom is -0.325 e. The van der Waals surface area contributed by atoms with Crippen LogP contribution in [0.15, 0.2) is 63.0 Å². The van der Waals surface area contributed by atoms with Gasteiger partial charge in [-0.25, -0.2) is 4.98 Å². The molecule has 0 aliphatic rings. The number of amides is 1. The average molecular weight is 446 g/mol. The zero-order chi connectivity index (χ0) is 19.4. The molecule has 7 heteroatoms. The summed E-state index contributed by atoms with van der Waals surface area (Å²) >= 11 is 4.69. The zero-order valence-corrected chi connectivity index (χ0v) is 17.5. The van der Waals surface area contributed by atoms with Gasteiger partial charge in [0.25, 0.3) is 5.56 Å². The van der Waals surface area contributed by atoms with Crippen LogP contribution in [0.2, 0.25) is 0 Å². The van der Waals surface area contributed by atoms with Crippen LogP contribution in [-0.4, -0.2) is 21.2 Å². The maximum Gasteiger partial charge on any atom is 0.262 e. The number of carbonyl (C=O) groups is 1. The number of aromatic nitrogens is 2. The molecule has 0 fully saturated rings. The molecule has 0 bridgehead atoms. The van der Waals surface area contributed by atoms with Gasteiger partial charge in [0.15, 0.2) is 5.16 Å². The molecule has 0 atom stereocenters. The van der Waals surface area contributed by atoms with Gasteiger partial charge in [-0.15, -0.1) is 0 Å². The number of rotatable bonds is 6. The fourth-order valence-electron chi connectivity index (χ4n) is 2.66. The summed E-state index contributed by atoms with van der Waals surface area (Å²) in [4.78, 5) is 29.9. The smallest absolute Gasteiger partial charge is 0.262 e. The molecule has 1 N–H and O–H groups in total. The van der Waals surface area contributed by atoms with Crippen LogP contribution in [0.3, 0.4) is 0 Å². The fourth-order valence-corrected chi connectivity index (χ4v) is 3.83.